The van der Waals surface area contributed by atoms with Gasteiger partial charge in [0.25, 0.3) is 5.91 Å². The Morgan fingerprint density at radius 2 is 1.89 bits per heavy atom. The number of ether oxygens (including phenoxy) is 3. The van der Waals surface area contributed by atoms with Gasteiger partial charge in [-0.25, -0.2) is 4.79 Å². The number of aromatic amines is 1. The van der Waals surface area contributed by atoms with Crippen molar-refractivity contribution in [3.63, 3.8) is 0 Å². The van der Waals surface area contributed by atoms with Crippen LogP contribution in [0.3, 0.4) is 0 Å². The minimum atomic E-state index is -0.444. The Labute approximate surface area is 164 Å². The zero-order valence-electron chi connectivity index (χ0n) is 16.9. The van der Waals surface area contributed by atoms with Crippen molar-refractivity contribution in [1.29, 1.82) is 0 Å². The first-order chi connectivity index (χ1) is 13.4. The summed E-state index contributed by atoms with van der Waals surface area (Å²) < 4.78 is 15.7. The van der Waals surface area contributed by atoms with E-state index >= 15 is 0 Å². The minimum Gasteiger partial charge on any atom is -0.497 e. The van der Waals surface area contributed by atoms with Crippen LogP contribution >= 0.6 is 0 Å². The van der Waals surface area contributed by atoms with Gasteiger partial charge in [-0.1, -0.05) is 0 Å². The third kappa shape index (κ3) is 3.32. The summed E-state index contributed by atoms with van der Waals surface area (Å²) >= 11 is 0. The normalized spacial score (nSPS) is 16.2. The number of nitrogens with one attached hydrogen (secondary N) is 1. The number of amides is 1. The number of carbonyl (C=O) groups is 2. The molecule has 28 heavy (non-hydrogen) atoms. The topological polar surface area (TPSA) is 80.9 Å². The second-order valence-corrected chi connectivity index (χ2v) is 6.88. The maximum absolute atomic E-state index is 13.3. The Kier molecular flexibility index (Phi) is 5.63. The van der Waals surface area contributed by atoms with Crippen LogP contribution in [0.2, 0.25) is 0 Å². The Balaban J connectivity index is 1.96. The maximum Gasteiger partial charge on any atom is 0.339 e. The second kappa shape index (κ2) is 7.96. The summed E-state index contributed by atoms with van der Waals surface area (Å²) in [4.78, 5) is 30.3. The molecule has 1 saturated heterocycles. The van der Waals surface area contributed by atoms with Crippen molar-refractivity contribution >= 4 is 11.9 Å². The van der Waals surface area contributed by atoms with E-state index in [1.165, 1.54) is 7.11 Å². The molecule has 1 atom stereocenters. The van der Waals surface area contributed by atoms with Gasteiger partial charge >= 0.3 is 5.97 Å². The van der Waals surface area contributed by atoms with E-state index in [0.717, 1.165) is 18.4 Å². The van der Waals surface area contributed by atoms with Crippen LogP contribution in [0.1, 0.15) is 56.6 Å². The predicted octanol–water partition coefficient (Wildman–Crippen LogP) is 3.41. The molecule has 2 heterocycles. The number of likely N-dealkylation sites (tertiary alicyclic amines) is 1. The molecule has 1 aliphatic rings. The number of methoxy groups -OCH3 is 3. The lowest BCUT2D eigenvalue weighted by Crippen LogP contribution is -2.31. The zero-order valence-corrected chi connectivity index (χ0v) is 16.9. The molecule has 1 amide bonds. The molecule has 0 aliphatic carbocycles. The molecule has 1 N–H and O–H groups in total. The second-order valence-electron chi connectivity index (χ2n) is 6.88. The van der Waals surface area contributed by atoms with Gasteiger partial charge in [0.1, 0.15) is 17.2 Å². The summed E-state index contributed by atoms with van der Waals surface area (Å²) in [6, 6.07) is 5.55. The van der Waals surface area contributed by atoms with Gasteiger partial charge in [-0.15, -0.1) is 0 Å². The lowest BCUT2D eigenvalue weighted by molar-refractivity contribution is 0.0599. The Morgan fingerprint density at radius 1 is 1.14 bits per heavy atom. The summed E-state index contributed by atoms with van der Waals surface area (Å²) in [5, 5.41) is 0. The molecule has 0 bridgehead atoms. The number of nitrogens with zero attached hydrogens (tertiary/aromatic N) is 1. The molecule has 150 valence electrons. The van der Waals surface area contributed by atoms with Crippen LogP contribution in [0.5, 0.6) is 11.5 Å². The molecule has 0 radical (unpaired) electrons. The number of hydrogen-bond donors (Lipinski definition) is 1. The Hall–Kier alpha value is -2.96. The fourth-order valence-corrected chi connectivity index (χ4v) is 3.94. The van der Waals surface area contributed by atoms with Crippen molar-refractivity contribution in [2.75, 3.05) is 27.9 Å². The number of esters is 1. The highest BCUT2D eigenvalue weighted by atomic mass is 16.5. The molecular weight excluding hydrogens is 360 g/mol. The van der Waals surface area contributed by atoms with E-state index in [2.05, 4.69) is 4.98 Å². The fourth-order valence-electron chi connectivity index (χ4n) is 3.94. The first kappa shape index (κ1) is 19.8. The van der Waals surface area contributed by atoms with Crippen molar-refractivity contribution in [2.24, 2.45) is 0 Å². The molecule has 3 rings (SSSR count). The maximum atomic E-state index is 13.3. The van der Waals surface area contributed by atoms with Crippen LogP contribution in [0.15, 0.2) is 18.2 Å². The average Bonchev–Trinajstić information content (AvgIpc) is 3.30. The molecular formula is C21H26N2O5. The van der Waals surface area contributed by atoms with Crippen LogP contribution < -0.4 is 9.47 Å². The van der Waals surface area contributed by atoms with Gasteiger partial charge in [0, 0.05) is 23.9 Å². The van der Waals surface area contributed by atoms with Gasteiger partial charge in [0.15, 0.2) is 0 Å². The third-order valence-electron chi connectivity index (χ3n) is 5.35. The van der Waals surface area contributed by atoms with Crippen molar-refractivity contribution in [3.8, 4) is 11.5 Å². The summed E-state index contributed by atoms with van der Waals surface area (Å²) in [6.07, 6.45) is 1.74. The van der Waals surface area contributed by atoms with Crippen LogP contribution in [-0.2, 0) is 4.74 Å². The first-order valence-electron chi connectivity index (χ1n) is 9.23. The molecule has 1 unspecified atom stereocenters. The first-order valence-corrected chi connectivity index (χ1v) is 9.23. The van der Waals surface area contributed by atoms with Crippen molar-refractivity contribution in [2.45, 2.75) is 32.7 Å². The van der Waals surface area contributed by atoms with Crippen LogP contribution in [0.4, 0.5) is 0 Å². The molecule has 1 aromatic carbocycles. The zero-order chi connectivity index (χ0) is 20.4. The molecule has 0 spiro atoms. The van der Waals surface area contributed by atoms with E-state index in [1.54, 1.807) is 28.1 Å². The van der Waals surface area contributed by atoms with E-state index in [0.29, 0.717) is 40.6 Å². The van der Waals surface area contributed by atoms with E-state index in [9.17, 15) is 9.59 Å². The molecule has 1 aliphatic heterocycles. The molecule has 0 saturated carbocycles. The number of carbonyl (C=O) groups excluding carboxylic acids is 2. The molecule has 7 heteroatoms. The Bertz CT molecular complexity index is 902. The molecule has 7 nitrogen and oxygen atoms in total. The summed E-state index contributed by atoms with van der Waals surface area (Å²) in [7, 11) is 4.55. The highest BCUT2D eigenvalue weighted by molar-refractivity contribution is 6.00. The van der Waals surface area contributed by atoms with Crippen LogP contribution in [-0.4, -0.2) is 49.6 Å². The SMILES string of the molecule is COC(=O)c1c(C)[nH]c(C(=O)N2CCCC2c2ccc(OC)cc2OC)c1C. The van der Waals surface area contributed by atoms with Crippen LogP contribution in [0.25, 0.3) is 0 Å². The minimum absolute atomic E-state index is 0.0991. The summed E-state index contributed by atoms with van der Waals surface area (Å²) in [6.45, 7) is 4.18. The largest absolute Gasteiger partial charge is 0.497 e. The fraction of sp³-hybridized carbons (Fsp3) is 0.429. The Morgan fingerprint density at radius 3 is 2.54 bits per heavy atom. The van der Waals surface area contributed by atoms with Crippen molar-refractivity contribution < 1.29 is 23.8 Å². The highest BCUT2D eigenvalue weighted by Crippen LogP contribution is 2.39. The number of aryl methyl sites for hydroxylation is 1. The van der Waals surface area contributed by atoms with Crippen molar-refractivity contribution in [3.05, 3.63) is 46.3 Å². The lowest BCUT2D eigenvalue weighted by Gasteiger charge is -2.26. The van der Waals surface area contributed by atoms with E-state index in [4.69, 9.17) is 14.2 Å². The number of rotatable bonds is 5. The number of aromatic nitrogens is 1. The lowest BCUT2D eigenvalue weighted by atomic mass is 10.0. The number of hydrogen-bond acceptors (Lipinski definition) is 5. The highest BCUT2D eigenvalue weighted by Gasteiger charge is 2.35. The van der Waals surface area contributed by atoms with E-state index < -0.39 is 5.97 Å². The molecule has 1 aromatic heterocycles. The van der Waals surface area contributed by atoms with Gasteiger partial charge in [-0.3, -0.25) is 4.79 Å². The standard InChI is InChI=1S/C21H26N2O5/c1-12-18(21(25)28-5)13(2)22-19(12)20(24)23-10-6-7-16(23)15-9-8-14(26-3)11-17(15)27-4/h8-9,11,16,22H,6-7,10H2,1-5H3. The predicted molar refractivity (Wildman–Crippen MR) is 104 cm³/mol. The monoisotopic (exact) mass is 386 g/mol. The van der Waals surface area contributed by atoms with E-state index in [-0.39, 0.29) is 11.9 Å². The smallest absolute Gasteiger partial charge is 0.339 e. The summed E-state index contributed by atoms with van der Waals surface area (Å²) in [5.74, 6) is 0.824. The van der Waals surface area contributed by atoms with Gasteiger partial charge in [0.2, 0.25) is 0 Å². The van der Waals surface area contributed by atoms with Gasteiger partial charge in [0.05, 0.1) is 32.9 Å². The van der Waals surface area contributed by atoms with Gasteiger partial charge in [-0.2, -0.15) is 0 Å². The summed E-state index contributed by atoms with van der Waals surface area (Å²) in [5.41, 5.74) is 3.04. The van der Waals surface area contributed by atoms with Crippen LogP contribution in [0, 0.1) is 13.8 Å². The molecule has 1 fully saturated rings. The van der Waals surface area contributed by atoms with Gasteiger partial charge < -0.3 is 24.1 Å². The third-order valence-corrected chi connectivity index (χ3v) is 5.35. The van der Waals surface area contributed by atoms with E-state index in [1.807, 2.05) is 23.1 Å². The molecule has 2 aromatic rings. The quantitative estimate of drug-likeness (QED) is 0.797. The van der Waals surface area contributed by atoms with Gasteiger partial charge in [-0.05, 0) is 44.4 Å². The average molecular weight is 386 g/mol. The number of H-pyrrole nitrogens is 1. The number of benzene rings is 1. The van der Waals surface area contributed by atoms with Crippen molar-refractivity contribution in [1.82, 2.24) is 9.88 Å².